The lowest BCUT2D eigenvalue weighted by atomic mass is 9.88. The highest BCUT2D eigenvalue weighted by molar-refractivity contribution is 5.35. The first-order valence-electron chi connectivity index (χ1n) is 7.72. The van der Waals surface area contributed by atoms with Gasteiger partial charge in [-0.2, -0.15) is 13.2 Å². The van der Waals surface area contributed by atoms with E-state index in [-0.39, 0.29) is 6.04 Å². The van der Waals surface area contributed by atoms with Crippen molar-refractivity contribution in [3.8, 4) is 0 Å². The molecule has 0 aliphatic heterocycles. The van der Waals surface area contributed by atoms with E-state index in [2.05, 4.69) is 26.1 Å². The van der Waals surface area contributed by atoms with Crippen LogP contribution < -0.4 is 5.32 Å². The molecule has 1 aromatic rings. The van der Waals surface area contributed by atoms with Crippen molar-refractivity contribution < 1.29 is 13.2 Å². The molecule has 1 nitrogen and oxygen atoms in total. The van der Waals surface area contributed by atoms with Gasteiger partial charge >= 0.3 is 6.18 Å². The summed E-state index contributed by atoms with van der Waals surface area (Å²) in [6.45, 7) is 9.03. The monoisotopic (exact) mass is 301 g/mol. The van der Waals surface area contributed by atoms with E-state index in [4.69, 9.17) is 0 Å². The smallest absolute Gasteiger partial charge is 0.310 e. The van der Waals surface area contributed by atoms with Crippen molar-refractivity contribution >= 4 is 0 Å². The molecule has 0 bridgehead atoms. The predicted octanol–water partition coefficient (Wildman–Crippen LogP) is 5.49. The summed E-state index contributed by atoms with van der Waals surface area (Å²) in [6, 6.07) is 4.21. The molecule has 21 heavy (non-hydrogen) atoms. The number of benzene rings is 1. The van der Waals surface area contributed by atoms with E-state index in [1.807, 2.05) is 0 Å². The van der Waals surface area contributed by atoms with Gasteiger partial charge in [0.15, 0.2) is 0 Å². The molecule has 1 N–H and O–H groups in total. The van der Waals surface area contributed by atoms with Crippen LogP contribution >= 0.6 is 0 Å². The van der Waals surface area contributed by atoms with Crippen molar-refractivity contribution in [3.63, 3.8) is 0 Å². The standard InChI is InChI=1S/C17H26F3N/c1-5-7-12(3)16(21-10-6-2)15-9-8-14(11-13(15)4)17(18,19)20/h8-9,11-12,16,21H,5-7,10H2,1-4H3. The predicted molar refractivity (Wildman–Crippen MR) is 81.3 cm³/mol. The maximum atomic E-state index is 12.8. The number of hydrogen-bond acceptors (Lipinski definition) is 1. The van der Waals surface area contributed by atoms with Crippen LogP contribution in [0.15, 0.2) is 18.2 Å². The van der Waals surface area contributed by atoms with E-state index >= 15 is 0 Å². The van der Waals surface area contributed by atoms with E-state index in [0.29, 0.717) is 11.5 Å². The Kier molecular flexibility index (Phi) is 6.72. The van der Waals surface area contributed by atoms with Gasteiger partial charge in [-0.05, 0) is 55.5 Å². The fourth-order valence-corrected chi connectivity index (χ4v) is 2.74. The summed E-state index contributed by atoms with van der Waals surface area (Å²) in [5.74, 6) is 0.400. The van der Waals surface area contributed by atoms with Crippen LogP contribution in [-0.4, -0.2) is 6.54 Å². The van der Waals surface area contributed by atoms with E-state index < -0.39 is 11.7 Å². The van der Waals surface area contributed by atoms with Gasteiger partial charge in [-0.25, -0.2) is 0 Å². The Hall–Kier alpha value is -1.03. The van der Waals surface area contributed by atoms with Crippen LogP contribution in [0, 0.1) is 12.8 Å². The van der Waals surface area contributed by atoms with Crippen molar-refractivity contribution in [1.82, 2.24) is 5.32 Å². The minimum Gasteiger partial charge on any atom is -0.310 e. The van der Waals surface area contributed by atoms with Gasteiger partial charge in [0.2, 0.25) is 0 Å². The topological polar surface area (TPSA) is 12.0 Å². The van der Waals surface area contributed by atoms with Crippen molar-refractivity contribution in [2.45, 2.75) is 59.2 Å². The maximum Gasteiger partial charge on any atom is 0.416 e. The van der Waals surface area contributed by atoms with Gasteiger partial charge in [0, 0.05) is 6.04 Å². The number of halogens is 3. The molecule has 1 aromatic carbocycles. The first-order valence-corrected chi connectivity index (χ1v) is 7.72. The zero-order valence-corrected chi connectivity index (χ0v) is 13.3. The summed E-state index contributed by atoms with van der Waals surface area (Å²) in [5, 5.41) is 3.49. The summed E-state index contributed by atoms with van der Waals surface area (Å²) >= 11 is 0. The Balaban J connectivity index is 3.07. The third-order valence-electron chi connectivity index (χ3n) is 3.86. The molecule has 1 rings (SSSR count). The second-order valence-corrected chi connectivity index (χ2v) is 5.77. The number of hydrogen-bond donors (Lipinski definition) is 1. The van der Waals surface area contributed by atoms with Gasteiger partial charge in [-0.1, -0.05) is 33.3 Å². The van der Waals surface area contributed by atoms with Crippen LogP contribution in [-0.2, 0) is 6.18 Å². The van der Waals surface area contributed by atoms with Gasteiger partial charge in [-0.3, -0.25) is 0 Å². The van der Waals surface area contributed by atoms with Gasteiger partial charge in [-0.15, -0.1) is 0 Å². The molecule has 0 aliphatic rings. The summed E-state index contributed by atoms with van der Waals surface area (Å²) in [5.41, 5.74) is 1.12. The van der Waals surface area contributed by atoms with Crippen LogP contribution in [0.5, 0.6) is 0 Å². The summed E-state index contributed by atoms with van der Waals surface area (Å²) < 4.78 is 38.3. The average Bonchev–Trinajstić information content (AvgIpc) is 2.39. The van der Waals surface area contributed by atoms with Gasteiger partial charge in [0.25, 0.3) is 0 Å². The Morgan fingerprint density at radius 2 is 1.81 bits per heavy atom. The van der Waals surface area contributed by atoms with Gasteiger partial charge < -0.3 is 5.32 Å². The lowest BCUT2D eigenvalue weighted by Crippen LogP contribution is -2.28. The number of alkyl halides is 3. The molecule has 0 saturated heterocycles. The van der Waals surface area contributed by atoms with Crippen LogP contribution in [0.4, 0.5) is 13.2 Å². The van der Waals surface area contributed by atoms with E-state index in [0.717, 1.165) is 31.4 Å². The van der Waals surface area contributed by atoms with E-state index in [9.17, 15) is 13.2 Å². The molecule has 0 amide bonds. The Morgan fingerprint density at radius 3 is 2.29 bits per heavy atom. The lowest BCUT2D eigenvalue weighted by Gasteiger charge is -2.27. The van der Waals surface area contributed by atoms with Gasteiger partial charge in [0.05, 0.1) is 5.56 Å². The zero-order chi connectivity index (χ0) is 16.0. The van der Waals surface area contributed by atoms with Crippen molar-refractivity contribution in [2.75, 3.05) is 6.54 Å². The molecule has 4 heteroatoms. The molecule has 0 radical (unpaired) electrons. The first-order chi connectivity index (χ1) is 9.81. The minimum absolute atomic E-state index is 0.118. The second-order valence-electron chi connectivity index (χ2n) is 5.77. The Morgan fingerprint density at radius 1 is 1.14 bits per heavy atom. The third kappa shape index (κ3) is 5.03. The van der Waals surface area contributed by atoms with Crippen molar-refractivity contribution in [1.29, 1.82) is 0 Å². The summed E-state index contributed by atoms with van der Waals surface area (Å²) in [7, 11) is 0. The molecule has 0 aromatic heterocycles. The van der Waals surface area contributed by atoms with Crippen LogP contribution in [0.3, 0.4) is 0 Å². The number of nitrogens with one attached hydrogen (secondary N) is 1. The number of rotatable bonds is 7. The molecular weight excluding hydrogens is 275 g/mol. The minimum atomic E-state index is -4.27. The van der Waals surface area contributed by atoms with E-state index in [1.54, 1.807) is 13.0 Å². The molecule has 0 saturated carbocycles. The Bertz CT molecular complexity index is 440. The molecule has 0 spiro atoms. The van der Waals surface area contributed by atoms with Crippen LogP contribution in [0.25, 0.3) is 0 Å². The normalized spacial score (nSPS) is 15.0. The zero-order valence-electron chi connectivity index (χ0n) is 13.3. The highest BCUT2D eigenvalue weighted by Crippen LogP contribution is 2.34. The average molecular weight is 301 g/mol. The SMILES string of the molecule is CCCNC(c1ccc(C(F)(F)F)cc1C)C(C)CCC. The second kappa shape index (κ2) is 7.83. The van der Waals surface area contributed by atoms with E-state index in [1.165, 1.54) is 12.1 Å². The molecule has 0 heterocycles. The lowest BCUT2D eigenvalue weighted by molar-refractivity contribution is -0.137. The fraction of sp³-hybridized carbons (Fsp3) is 0.647. The van der Waals surface area contributed by atoms with Crippen LogP contribution in [0.1, 0.15) is 62.8 Å². The van der Waals surface area contributed by atoms with Crippen molar-refractivity contribution in [3.05, 3.63) is 34.9 Å². The molecule has 0 fully saturated rings. The van der Waals surface area contributed by atoms with Crippen LogP contribution in [0.2, 0.25) is 0 Å². The molecule has 2 unspecified atom stereocenters. The summed E-state index contributed by atoms with van der Waals surface area (Å²) in [6.07, 6.45) is -1.13. The quantitative estimate of drug-likeness (QED) is 0.702. The fourth-order valence-electron chi connectivity index (χ4n) is 2.74. The summed E-state index contributed by atoms with van der Waals surface area (Å²) in [4.78, 5) is 0. The molecule has 0 aliphatic carbocycles. The molecule has 120 valence electrons. The molecular formula is C17H26F3N. The van der Waals surface area contributed by atoms with Gasteiger partial charge in [0.1, 0.15) is 0 Å². The van der Waals surface area contributed by atoms with Crippen molar-refractivity contribution in [2.24, 2.45) is 5.92 Å². The largest absolute Gasteiger partial charge is 0.416 e. The molecule has 2 atom stereocenters. The first kappa shape index (κ1) is 18.0. The highest BCUT2D eigenvalue weighted by atomic mass is 19.4. The Labute approximate surface area is 125 Å². The maximum absolute atomic E-state index is 12.8. The highest BCUT2D eigenvalue weighted by Gasteiger charge is 2.31. The third-order valence-corrected chi connectivity index (χ3v) is 3.86. The number of aryl methyl sites for hydroxylation is 1.